The summed E-state index contributed by atoms with van der Waals surface area (Å²) in [5, 5.41) is 7.35. The third kappa shape index (κ3) is 7.38. The van der Waals surface area contributed by atoms with E-state index in [4.69, 9.17) is 14.7 Å². The molecular formula is C33H44BrN10O2P. The zero-order chi connectivity index (χ0) is 33.3. The molecule has 6 rings (SSSR count). The first-order chi connectivity index (χ1) is 22.5. The summed E-state index contributed by atoms with van der Waals surface area (Å²) in [6.07, 6.45) is 7.18. The van der Waals surface area contributed by atoms with Crippen molar-refractivity contribution in [2.24, 2.45) is 0 Å². The molecule has 14 heteroatoms. The van der Waals surface area contributed by atoms with Crippen LogP contribution in [0.15, 0.2) is 41.3 Å². The molecule has 0 unspecified atom stereocenters. The topological polar surface area (TPSA) is 125 Å². The lowest BCUT2D eigenvalue weighted by atomic mass is 9.99. The summed E-state index contributed by atoms with van der Waals surface area (Å²) < 4.78 is 19.9. The smallest absolute Gasteiger partial charge is 0.239 e. The summed E-state index contributed by atoms with van der Waals surface area (Å²) in [5.41, 5.74) is 3.78. The highest BCUT2D eigenvalue weighted by Crippen LogP contribution is 2.42. The maximum Gasteiger partial charge on any atom is 0.239 e. The number of anilines is 5. The number of nitrogens with one attached hydrogen (secondary N) is 2. The Labute approximate surface area is 285 Å². The number of hydrogen-bond donors (Lipinski definition) is 2. The Bertz CT molecular complexity index is 1790. The number of rotatable bonds is 9. The highest BCUT2D eigenvalue weighted by molar-refractivity contribution is 9.10. The number of ether oxygens (including phenoxy) is 1. The summed E-state index contributed by atoms with van der Waals surface area (Å²) in [6, 6.07) is 6.46. The van der Waals surface area contributed by atoms with Gasteiger partial charge in [-0.05, 0) is 78.8 Å². The number of likely N-dealkylation sites (N-methyl/N-ethyl adjacent to an activating group) is 1. The number of methoxy groups -OCH3 is 1. The summed E-state index contributed by atoms with van der Waals surface area (Å²) in [5.74, 6) is 2.59. The highest BCUT2D eigenvalue weighted by atomic mass is 79.9. The van der Waals surface area contributed by atoms with Crippen LogP contribution >= 0.6 is 23.1 Å². The minimum Gasteiger partial charge on any atom is -0.479 e. The van der Waals surface area contributed by atoms with Gasteiger partial charge in [-0.3, -0.25) is 14.9 Å². The predicted molar refractivity (Wildman–Crippen MR) is 194 cm³/mol. The number of aromatic nitrogens is 5. The third-order valence-electron chi connectivity index (χ3n) is 9.03. The average molecular weight is 724 g/mol. The van der Waals surface area contributed by atoms with Gasteiger partial charge in [-0.25, -0.2) is 4.98 Å². The minimum atomic E-state index is -2.75. The van der Waals surface area contributed by atoms with Crippen LogP contribution in [0.5, 0.6) is 5.88 Å². The van der Waals surface area contributed by atoms with E-state index in [0.29, 0.717) is 55.9 Å². The van der Waals surface area contributed by atoms with Gasteiger partial charge >= 0.3 is 0 Å². The molecule has 0 saturated carbocycles. The van der Waals surface area contributed by atoms with Crippen LogP contribution in [-0.4, -0.2) is 108 Å². The molecule has 0 amide bonds. The van der Waals surface area contributed by atoms with Crippen LogP contribution in [0, 0.1) is 0 Å². The second-order valence-electron chi connectivity index (χ2n) is 13.0. The number of hydrogen-bond acceptors (Lipinski definition) is 12. The molecule has 4 aromatic rings. The average Bonchev–Trinajstić information content (AvgIpc) is 3.05. The Balaban J connectivity index is 1.25. The van der Waals surface area contributed by atoms with E-state index in [1.807, 2.05) is 12.1 Å². The van der Waals surface area contributed by atoms with E-state index in [-0.39, 0.29) is 5.92 Å². The Kier molecular flexibility index (Phi) is 9.98. The lowest BCUT2D eigenvalue weighted by molar-refractivity contribution is 0.0981. The number of pyridine rings is 1. The maximum atomic E-state index is 13.4. The van der Waals surface area contributed by atoms with Crippen LogP contribution in [0.25, 0.3) is 11.0 Å². The molecule has 47 heavy (non-hydrogen) atoms. The van der Waals surface area contributed by atoms with E-state index >= 15 is 0 Å². The lowest BCUT2D eigenvalue weighted by Gasteiger charge is -2.42. The lowest BCUT2D eigenvalue weighted by Crippen LogP contribution is -2.52. The first-order valence-electron chi connectivity index (χ1n) is 16.1. The molecule has 3 aromatic heterocycles. The van der Waals surface area contributed by atoms with Crippen molar-refractivity contribution in [2.45, 2.75) is 38.6 Å². The van der Waals surface area contributed by atoms with E-state index in [9.17, 15) is 4.57 Å². The van der Waals surface area contributed by atoms with Gasteiger partial charge in [0.15, 0.2) is 0 Å². The molecule has 0 spiro atoms. The molecule has 5 heterocycles. The van der Waals surface area contributed by atoms with Gasteiger partial charge in [-0.15, -0.1) is 0 Å². The molecule has 0 aliphatic carbocycles. The first-order valence-corrected chi connectivity index (χ1v) is 19.5. The number of benzene rings is 1. The van der Waals surface area contributed by atoms with Crippen molar-refractivity contribution >= 4 is 68.4 Å². The molecule has 2 N–H and O–H groups in total. The molecule has 1 aromatic carbocycles. The van der Waals surface area contributed by atoms with E-state index in [1.165, 1.54) is 0 Å². The van der Waals surface area contributed by atoms with Crippen LogP contribution in [0.2, 0.25) is 0 Å². The van der Waals surface area contributed by atoms with Crippen molar-refractivity contribution in [1.82, 2.24) is 34.7 Å². The fourth-order valence-electron chi connectivity index (χ4n) is 6.49. The SMILES string of the molecule is COc1nc(N2CCC(N3CCN(C)CC3)CC2)c(C(C)C)cc1Nc1ncc(Br)c(Nc2ccc3nccnc3c2P(C)(C)=O)n1. The van der Waals surface area contributed by atoms with E-state index in [1.54, 1.807) is 39.0 Å². The van der Waals surface area contributed by atoms with Crippen LogP contribution in [-0.2, 0) is 4.57 Å². The van der Waals surface area contributed by atoms with Crippen molar-refractivity contribution < 1.29 is 9.30 Å². The van der Waals surface area contributed by atoms with E-state index in [2.05, 4.69) is 83.2 Å². The number of fused-ring (bicyclic) bond motifs is 1. The van der Waals surface area contributed by atoms with Crippen LogP contribution < -0.4 is 25.6 Å². The molecule has 250 valence electrons. The molecule has 12 nitrogen and oxygen atoms in total. The molecular weight excluding hydrogens is 679 g/mol. The van der Waals surface area contributed by atoms with E-state index in [0.717, 1.165) is 63.5 Å². The van der Waals surface area contributed by atoms with Crippen molar-refractivity contribution in [1.29, 1.82) is 0 Å². The number of piperazine rings is 1. The number of halogens is 1. The number of nitrogens with zero attached hydrogens (tertiary/aromatic N) is 8. The molecule has 2 aliphatic rings. The van der Waals surface area contributed by atoms with Crippen LogP contribution in [0.1, 0.15) is 38.2 Å². The van der Waals surface area contributed by atoms with Gasteiger partial charge in [0.05, 0.1) is 28.1 Å². The monoisotopic (exact) mass is 722 g/mol. The molecule has 0 bridgehead atoms. The second-order valence-corrected chi connectivity index (χ2v) is 17.1. The Morgan fingerprint density at radius 1 is 0.957 bits per heavy atom. The number of piperidine rings is 1. The second kappa shape index (κ2) is 14.0. The molecule has 2 fully saturated rings. The first kappa shape index (κ1) is 33.5. The largest absolute Gasteiger partial charge is 0.479 e. The predicted octanol–water partition coefficient (Wildman–Crippen LogP) is 5.66. The molecule has 0 radical (unpaired) electrons. The summed E-state index contributed by atoms with van der Waals surface area (Å²) in [7, 11) is 1.10. The van der Waals surface area contributed by atoms with Crippen LogP contribution in [0.4, 0.5) is 29.0 Å². The minimum absolute atomic E-state index is 0.246. The van der Waals surface area contributed by atoms with Gasteiger partial charge < -0.3 is 29.7 Å². The third-order valence-corrected chi connectivity index (χ3v) is 11.1. The quantitative estimate of drug-likeness (QED) is 0.207. The molecule has 2 aliphatic heterocycles. The van der Waals surface area contributed by atoms with Crippen molar-refractivity contribution in [2.75, 3.05) is 82.3 Å². The summed E-state index contributed by atoms with van der Waals surface area (Å²) in [6.45, 7) is 14.4. The van der Waals surface area contributed by atoms with Crippen molar-refractivity contribution in [3.8, 4) is 5.88 Å². The van der Waals surface area contributed by atoms with Crippen molar-refractivity contribution in [3.63, 3.8) is 0 Å². The maximum absolute atomic E-state index is 13.4. The Hall–Kier alpha value is -3.38. The zero-order valence-electron chi connectivity index (χ0n) is 28.0. The van der Waals surface area contributed by atoms with Gasteiger partial charge in [-0.1, -0.05) is 13.8 Å². The standard InChI is InChI=1S/C33H44BrN10O2P/c1-21(2)23-19-27(32(46-4)41-31(23)44-13-9-22(10-14-44)43-17-15-42(3)16-18-43)39-33-37-20-24(34)30(40-33)38-26-8-7-25-28(36-12-11-35-25)29(26)47(5,6)45/h7-8,11-12,19-22H,9-10,13-18H2,1-6H3,(H2,37,38,39,40). The Morgan fingerprint density at radius 3 is 2.36 bits per heavy atom. The van der Waals surface area contributed by atoms with Gasteiger partial charge in [0.2, 0.25) is 11.8 Å². The van der Waals surface area contributed by atoms with Gasteiger partial charge in [0, 0.05) is 63.9 Å². The normalized spacial score (nSPS) is 17.0. The van der Waals surface area contributed by atoms with Gasteiger partial charge in [0.1, 0.15) is 30.0 Å². The van der Waals surface area contributed by atoms with Crippen LogP contribution in [0.3, 0.4) is 0 Å². The molecule has 2 saturated heterocycles. The van der Waals surface area contributed by atoms with Gasteiger partial charge in [-0.2, -0.15) is 9.97 Å². The Morgan fingerprint density at radius 2 is 1.68 bits per heavy atom. The van der Waals surface area contributed by atoms with Gasteiger partial charge in [0.25, 0.3) is 0 Å². The summed E-state index contributed by atoms with van der Waals surface area (Å²) in [4.78, 5) is 30.7. The van der Waals surface area contributed by atoms with E-state index < -0.39 is 7.14 Å². The molecule has 0 atom stereocenters. The van der Waals surface area contributed by atoms with Crippen molar-refractivity contribution in [3.05, 3.63) is 46.8 Å². The zero-order valence-corrected chi connectivity index (χ0v) is 30.5. The highest BCUT2D eigenvalue weighted by Gasteiger charge is 2.29. The summed E-state index contributed by atoms with van der Waals surface area (Å²) >= 11 is 3.58. The fourth-order valence-corrected chi connectivity index (χ4v) is 8.17. The fraction of sp³-hybridized carbons (Fsp3) is 0.485.